The molecule has 0 N–H and O–H groups in total. The van der Waals surface area contributed by atoms with E-state index in [0.29, 0.717) is 11.5 Å². The summed E-state index contributed by atoms with van der Waals surface area (Å²) >= 11 is 9.17. The fraction of sp³-hybridized carbons (Fsp3) is 0.750. The summed E-state index contributed by atoms with van der Waals surface area (Å²) in [5.74, 6) is -0.0398. The van der Waals surface area contributed by atoms with Gasteiger partial charge in [0.05, 0.1) is 0 Å². The molecule has 0 aliphatic heterocycles. The van der Waals surface area contributed by atoms with Gasteiger partial charge in [0.15, 0.2) is 0 Å². The number of ether oxygens (including phenoxy) is 2. The van der Waals surface area contributed by atoms with Gasteiger partial charge in [0.1, 0.15) is 13.2 Å². The van der Waals surface area contributed by atoms with E-state index < -0.39 is 0 Å². The van der Waals surface area contributed by atoms with Crippen LogP contribution in [0.5, 0.6) is 0 Å². The Morgan fingerprint density at radius 1 is 0.857 bits per heavy atom. The molecule has 0 aliphatic carbocycles. The summed E-state index contributed by atoms with van der Waals surface area (Å²) in [6, 6.07) is 0. The van der Waals surface area contributed by atoms with Crippen LogP contribution in [0.1, 0.15) is 12.8 Å². The Balaban J connectivity index is 3.28. The highest BCUT2D eigenvalue weighted by molar-refractivity contribution is 7.58. The van der Waals surface area contributed by atoms with Gasteiger partial charge >= 0.3 is 11.9 Å². The molecule has 0 radical (unpaired) electrons. The first-order valence-corrected chi connectivity index (χ1v) is 5.33. The summed E-state index contributed by atoms with van der Waals surface area (Å²) in [7, 11) is 0. The van der Waals surface area contributed by atoms with Crippen molar-refractivity contribution >= 4 is 37.2 Å². The van der Waals surface area contributed by atoms with Crippen molar-refractivity contribution in [2.45, 2.75) is 12.8 Å². The number of rotatable bonds is 7. The van der Waals surface area contributed by atoms with Gasteiger partial charge in [-0.1, -0.05) is 0 Å². The second-order valence-electron chi connectivity index (χ2n) is 2.35. The molecule has 0 saturated heterocycles. The third kappa shape index (κ3) is 8.25. The fourth-order valence-corrected chi connectivity index (χ4v) is 0.955. The average Bonchev–Trinajstić information content (AvgIpc) is 2.13. The van der Waals surface area contributed by atoms with Gasteiger partial charge in [0, 0.05) is 12.8 Å². The molecule has 0 aromatic heterocycles. The molecule has 6 heteroatoms. The van der Waals surface area contributed by atoms with Crippen LogP contribution in [0, 0.1) is 0 Å². The van der Waals surface area contributed by atoms with Crippen LogP contribution in [0.3, 0.4) is 0 Å². The second kappa shape index (κ2) is 9.21. The molecule has 0 amide bonds. The fourth-order valence-electron chi connectivity index (χ4n) is 0.622. The van der Waals surface area contributed by atoms with E-state index in [2.05, 4.69) is 25.3 Å². The largest absolute Gasteiger partial charge is 0.792 e. The second-order valence-corrected chi connectivity index (χ2v) is 3.17. The Labute approximate surface area is 94.2 Å². The molecule has 0 spiro atoms. The van der Waals surface area contributed by atoms with Crippen LogP contribution >= 0.6 is 0 Å². The third-order valence-corrected chi connectivity index (χ3v) is 1.63. The van der Waals surface area contributed by atoms with Gasteiger partial charge in [0.2, 0.25) is 0 Å². The van der Waals surface area contributed by atoms with Crippen LogP contribution in [-0.4, -0.2) is 36.7 Å². The molecule has 0 saturated carbocycles. The highest BCUT2D eigenvalue weighted by Crippen LogP contribution is 1.88. The summed E-state index contributed by atoms with van der Waals surface area (Å²) in [6.07, 6.45) is 0.435. The van der Waals surface area contributed by atoms with Gasteiger partial charge in [-0.15, -0.1) is 0 Å². The van der Waals surface area contributed by atoms with Crippen molar-refractivity contribution in [3.8, 4) is 0 Å². The summed E-state index contributed by atoms with van der Waals surface area (Å²) in [4.78, 5) is 21.5. The zero-order chi connectivity index (χ0) is 10.8. The van der Waals surface area contributed by atoms with Crippen molar-refractivity contribution in [2.24, 2.45) is 0 Å². The van der Waals surface area contributed by atoms with Gasteiger partial charge < -0.3 is 34.7 Å². The van der Waals surface area contributed by atoms with Gasteiger partial charge in [-0.05, 0) is 0 Å². The maximum Gasteiger partial charge on any atom is 0.303 e. The highest BCUT2D eigenvalue weighted by atomic mass is 32.1. The Morgan fingerprint density at radius 3 is 1.50 bits per heavy atom. The molecule has 0 fully saturated rings. The van der Waals surface area contributed by atoms with E-state index in [9.17, 15) is 9.59 Å². The Morgan fingerprint density at radius 2 is 1.21 bits per heavy atom. The average molecular weight is 236 g/mol. The number of hydrogen-bond donors (Lipinski definition) is 0. The van der Waals surface area contributed by atoms with Gasteiger partial charge in [0.25, 0.3) is 0 Å². The topological polar surface area (TPSA) is 52.6 Å². The molecule has 4 nitrogen and oxygen atoms in total. The van der Waals surface area contributed by atoms with Crippen LogP contribution in [0.25, 0.3) is 0 Å². The maximum absolute atomic E-state index is 10.8. The van der Waals surface area contributed by atoms with Gasteiger partial charge in [-0.25, -0.2) is 0 Å². The summed E-state index contributed by atoms with van der Waals surface area (Å²) in [5, 5.41) is 0. The Kier molecular flexibility index (Phi) is 8.97. The summed E-state index contributed by atoms with van der Waals surface area (Å²) in [6.45, 7) is 0.161. The first-order chi connectivity index (χ1) is 6.70. The molecule has 0 atom stereocenters. The zero-order valence-electron chi connectivity index (χ0n) is 7.69. The predicted octanol–water partition coefficient (Wildman–Crippen LogP) is -0.0532. The van der Waals surface area contributed by atoms with E-state index >= 15 is 0 Å². The van der Waals surface area contributed by atoms with Gasteiger partial charge in [-0.3, -0.25) is 9.59 Å². The first kappa shape index (κ1) is 13.6. The smallest absolute Gasteiger partial charge is 0.303 e. The third-order valence-electron chi connectivity index (χ3n) is 1.22. The number of esters is 2. The number of carbonyl (C=O) groups excluding carboxylic acids is 2. The molecular formula is C8H12O4S2-2. The standard InChI is InChI=1S/C8H14O4S2/c9-7(1-5-13)11-3-4-12-8(10)2-6-14/h13-14H,1-6H2/p-2. The lowest BCUT2D eigenvalue weighted by molar-refractivity contribution is -0.151. The molecule has 0 aromatic rings. The van der Waals surface area contributed by atoms with Crippen LogP contribution in [-0.2, 0) is 44.3 Å². The normalized spacial score (nSPS) is 9.57. The van der Waals surface area contributed by atoms with E-state index in [1.807, 2.05) is 0 Å². The summed E-state index contributed by atoms with van der Waals surface area (Å²) < 4.78 is 9.40. The Bertz CT molecular complexity index is 164. The molecule has 0 aromatic carbocycles. The van der Waals surface area contributed by atoms with Crippen molar-refractivity contribution in [3.05, 3.63) is 0 Å². The van der Waals surface area contributed by atoms with Crippen LogP contribution < -0.4 is 0 Å². The van der Waals surface area contributed by atoms with E-state index in [1.165, 1.54) is 0 Å². The van der Waals surface area contributed by atoms with E-state index in [4.69, 9.17) is 9.47 Å². The van der Waals surface area contributed by atoms with Crippen LogP contribution in [0.2, 0.25) is 0 Å². The number of carbonyl (C=O) groups is 2. The molecule has 0 aliphatic rings. The van der Waals surface area contributed by atoms with Crippen molar-refractivity contribution in [1.29, 1.82) is 0 Å². The van der Waals surface area contributed by atoms with Crippen molar-refractivity contribution in [1.82, 2.24) is 0 Å². The molecule has 0 unspecified atom stereocenters. The molecule has 82 valence electrons. The molecule has 0 heterocycles. The predicted molar refractivity (Wildman–Crippen MR) is 55.6 cm³/mol. The maximum atomic E-state index is 10.8. The quantitative estimate of drug-likeness (QED) is 0.351. The van der Waals surface area contributed by atoms with Crippen LogP contribution in [0.4, 0.5) is 0 Å². The first-order valence-electron chi connectivity index (χ1n) is 4.18. The number of hydrogen-bond acceptors (Lipinski definition) is 6. The molecular weight excluding hydrogens is 224 g/mol. The zero-order valence-corrected chi connectivity index (χ0v) is 9.33. The van der Waals surface area contributed by atoms with Gasteiger partial charge in [-0.2, -0.15) is 11.5 Å². The van der Waals surface area contributed by atoms with E-state index in [1.54, 1.807) is 0 Å². The monoisotopic (exact) mass is 236 g/mol. The van der Waals surface area contributed by atoms with E-state index in [-0.39, 0.29) is 38.0 Å². The van der Waals surface area contributed by atoms with E-state index in [0.717, 1.165) is 0 Å². The van der Waals surface area contributed by atoms with Crippen molar-refractivity contribution in [3.63, 3.8) is 0 Å². The van der Waals surface area contributed by atoms with Crippen molar-refractivity contribution in [2.75, 3.05) is 24.7 Å². The minimum absolute atomic E-state index is 0.0807. The lowest BCUT2D eigenvalue weighted by atomic mass is 10.5. The lowest BCUT2D eigenvalue weighted by Gasteiger charge is -2.07. The SMILES string of the molecule is O=C(CC[S-])OCCOC(=O)CC[S-]. The van der Waals surface area contributed by atoms with Crippen LogP contribution in [0.15, 0.2) is 0 Å². The highest BCUT2D eigenvalue weighted by Gasteiger charge is 2.00. The molecule has 0 bridgehead atoms. The lowest BCUT2D eigenvalue weighted by Crippen LogP contribution is -2.14. The molecule has 0 rings (SSSR count). The summed E-state index contributed by atoms with van der Waals surface area (Å²) in [5.41, 5.74) is 0. The Hall–Kier alpha value is -0.360. The minimum Gasteiger partial charge on any atom is -0.792 e. The van der Waals surface area contributed by atoms with Crippen molar-refractivity contribution < 1.29 is 19.1 Å². The molecule has 14 heavy (non-hydrogen) atoms. The minimum atomic E-state index is -0.362.